The maximum absolute atomic E-state index is 12.6. The highest BCUT2D eigenvalue weighted by Gasteiger charge is 2.16. The molecular weight excluding hydrogens is 398 g/mol. The number of hydrogen-bond acceptors (Lipinski definition) is 6. The zero-order chi connectivity index (χ0) is 19.3. The molecule has 140 valence electrons. The van der Waals surface area contributed by atoms with E-state index in [-0.39, 0.29) is 5.91 Å². The number of amides is 1. The van der Waals surface area contributed by atoms with Gasteiger partial charge in [0.05, 0.1) is 12.5 Å². The molecule has 0 fully saturated rings. The van der Waals surface area contributed by atoms with Gasteiger partial charge >= 0.3 is 0 Å². The second-order valence-electron chi connectivity index (χ2n) is 5.73. The number of halogens is 1. The third kappa shape index (κ3) is 4.19. The van der Waals surface area contributed by atoms with Crippen molar-refractivity contribution in [2.24, 2.45) is 0 Å². The van der Waals surface area contributed by atoms with Gasteiger partial charge in [-0.2, -0.15) is 0 Å². The zero-order valence-electron chi connectivity index (χ0n) is 14.4. The number of aromatic nitrogens is 4. The summed E-state index contributed by atoms with van der Waals surface area (Å²) in [6.07, 6.45) is 3.09. The Morgan fingerprint density at radius 1 is 1.11 bits per heavy atom. The van der Waals surface area contributed by atoms with Crippen molar-refractivity contribution in [3.05, 3.63) is 83.4 Å². The molecule has 7 nitrogen and oxygen atoms in total. The van der Waals surface area contributed by atoms with Crippen LogP contribution in [0, 0.1) is 0 Å². The Kier molecular flexibility index (Phi) is 5.31. The van der Waals surface area contributed by atoms with E-state index in [9.17, 15) is 4.79 Å². The van der Waals surface area contributed by atoms with E-state index in [0.717, 1.165) is 22.6 Å². The largest absolute Gasteiger partial charge is 0.464 e. The summed E-state index contributed by atoms with van der Waals surface area (Å²) in [6.45, 7) is 0.334. The Morgan fingerprint density at radius 3 is 2.68 bits per heavy atom. The summed E-state index contributed by atoms with van der Waals surface area (Å²) in [5, 5.41) is 12.0. The third-order valence-electron chi connectivity index (χ3n) is 3.81. The zero-order valence-corrected chi connectivity index (χ0v) is 16.0. The first-order chi connectivity index (χ1) is 13.7. The number of nitrogens with zero attached hydrogens (tertiary/aromatic N) is 4. The van der Waals surface area contributed by atoms with Gasteiger partial charge in [0.25, 0.3) is 11.1 Å². The predicted molar refractivity (Wildman–Crippen MR) is 107 cm³/mol. The highest BCUT2D eigenvalue weighted by atomic mass is 35.5. The topological polar surface area (TPSA) is 81.9 Å². The Hall–Kier alpha value is -3.23. The fraction of sp³-hybridized carbons (Fsp3) is 0.0526. The molecule has 1 N–H and O–H groups in total. The first-order valence-electron chi connectivity index (χ1n) is 8.29. The number of imidazole rings is 1. The van der Waals surface area contributed by atoms with Crippen molar-refractivity contribution in [3.63, 3.8) is 0 Å². The lowest BCUT2D eigenvalue weighted by Gasteiger charge is -2.07. The first kappa shape index (κ1) is 18.1. The van der Waals surface area contributed by atoms with Gasteiger partial charge in [-0.15, -0.1) is 5.10 Å². The van der Waals surface area contributed by atoms with E-state index in [1.807, 2.05) is 42.5 Å². The molecule has 0 aliphatic rings. The Bertz CT molecular complexity index is 1080. The van der Waals surface area contributed by atoms with Crippen molar-refractivity contribution in [2.45, 2.75) is 6.61 Å². The molecule has 2 aromatic carbocycles. The number of rotatable bonds is 6. The van der Waals surface area contributed by atoms with Crippen LogP contribution in [0.3, 0.4) is 0 Å². The van der Waals surface area contributed by atoms with Crippen LogP contribution in [-0.4, -0.2) is 25.7 Å². The van der Waals surface area contributed by atoms with Gasteiger partial charge in [-0.05, 0) is 41.2 Å². The molecule has 2 aromatic heterocycles. The number of hydrogen-bond donors (Lipinski definition) is 1. The van der Waals surface area contributed by atoms with Crippen LogP contribution in [0.2, 0.25) is 5.02 Å². The van der Waals surface area contributed by atoms with Crippen LogP contribution in [0.5, 0.6) is 5.19 Å². The summed E-state index contributed by atoms with van der Waals surface area (Å²) in [5.74, 6) is -0.332. The highest BCUT2D eigenvalue weighted by Crippen LogP contribution is 2.24. The van der Waals surface area contributed by atoms with Crippen molar-refractivity contribution in [1.29, 1.82) is 0 Å². The Morgan fingerprint density at radius 2 is 1.89 bits per heavy atom. The van der Waals surface area contributed by atoms with Crippen LogP contribution in [0.4, 0.5) is 5.13 Å². The lowest BCUT2D eigenvalue weighted by atomic mass is 10.2. The third-order valence-corrected chi connectivity index (χ3v) is 4.81. The van der Waals surface area contributed by atoms with Gasteiger partial charge < -0.3 is 4.74 Å². The molecule has 0 aliphatic heterocycles. The number of benzene rings is 2. The average molecular weight is 412 g/mol. The van der Waals surface area contributed by atoms with Crippen LogP contribution >= 0.6 is 22.9 Å². The van der Waals surface area contributed by atoms with Crippen LogP contribution in [0.1, 0.15) is 16.1 Å². The van der Waals surface area contributed by atoms with Gasteiger partial charge in [-0.3, -0.25) is 14.7 Å². The number of carbonyl (C=O) groups is 1. The molecule has 4 aromatic rings. The first-order valence-corrected chi connectivity index (χ1v) is 9.48. The molecule has 28 heavy (non-hydrogen) atoms. The Labute approximate surface area is 169 Å². The second-order valence-corrected chi connectivity index (χ2v) is 7.10. The van der Waals surface area contributed by atoms with E-state index in [4.69, 9.17) is 16.3 Å². The van der Waals surface area contributed by atoms with E-state index in [2.05, 4.69) is 20.5 Å². The molecule has 0 aliphatic carbocycles. The minimum atomic E-state index is -0.332. The smallest absolute Gasteiger partial charge is 0.296 e. The molecule has 9 heteroatoms. The second kappa shape index (κ2) is 8.20. The summed E-state index contributed by atoms with van der Waals surface area (Å²) in [5.41, 5.74) is 2.19. The van der Waals surface area contributed by atoms with Crippen molar-refractivity contribution in [3.8, 4) is 10.9 Å². The van der Waals surface area contributed by atoms with Gasteiger partial charge in [0.2, 0.25) is 5.13 Å². The van der Waals surface area contributed by atoms with Crippen LogP contribution in [0.15, 0.2) is 67.1 Å². The fourth-order valence-corrected chi connectivity index (χ4v) is 3.18. The summed E-state index contributed by atoms with van der Waals surface area (Å²) >= 11 is 7.02. The molecule has 0 saturated carbocycles. The highest BCUT2D eigenvalue weighted by molar-refractivity contribution is 7.17. The minimum absolute atomic E-state index is 0.332. The maximum atomic E-state index is 12.6. The van der Waals surface area contributed by atoms with E-state index in [0.29, 0.717) is 27.6 Å². The van der Waals surface area contributed by atoms with Crippen LogP contribution in [0.25, 0.3) is 5.69 Å². The molecule has 4 rings (SSSR count). The van der Waals surface area contributed by atoms with E-state index < -0.39 is 0 Å². The predicted octanol–water partition coefficient (Wildman–Crippen LogP) is 4.21. The SMILES string of the molecule is O=C(Nc1nnc(OCc2ccc(Cl)cc2)s1)c1cncn1-c1ccccc1. The maximum Gasteiger partial charge on any atom is 0.296 e. The van der Waals surface area contributed by atoms with Crippen molar-refractivity contribution >= 4 is 34.0 Å². The molecule has 1 amide bonds. The number of nitrogens with one attached hydrogen (secondary N) is 1. The van der Waals surface area contributed by atoms with Gasteiger partial charge in [0.15, 0.2) is 0 Å². The summed E-state index contributed by atoms with van der Waals surface area (Å²) in [6, 6.07) is 16.8. The molecule has 0 saturated heterocycles. The lowest BCUT2D eigenvalue weighted by Crippen LogP contribution is -2.15. The molecule has 0 radical (unpaired) electrons. The fourth-order valence-electron chi connectivity index (χ4n) is 2.46. The van der Waals surface area contributed by atoms with Crippen molar-refractivity contribution in [2.75, 3.05) is 5.32 Å². The van der Waals surface area contributed by atoms with Gasteiger partial charge in [-0.25, -0.2) is 4.98 Å². The summed E-state index contributed by atoms with van der Waals surface area (Å²) < 4.78 is 7.31. The van der Waals surface area contributed by atoms with Crippen molar-refractivity contribution < 1.29 is 9.53 Å². The Balaban J connectivity index is 1.41. The van der Waals surface area contributed by atoms with Crippen LogP contribution < -0.4 is 10.1 Å². The lowest BCUT2D eigenvalue weighted by molar-refractivity contribution is 0.102. The van der Waals surface area contributed by atoms with E-state index in [1.54, 1.807) is 23.0 Å². The van der Waals surface area contributed by atoms with Gasteiger partial charge in [0.1, 0.15) is 12.3 Å². The number of carbonyl (C=O) groups excluding carboxylic acids is 1. The van der Waals surface area contributed by atoms with E-state index >= 15 is 0 Å². The van der Waals surface area contributed by atoms with E-state index in [1.165, 1.54) is 6.20 Å². The van der Waals surface area contributed by atoms with Crippen molar-refractivity contribution in [1.82, 2.24) is 19.7 Å². The molecule has 0 unspecified atom stereocenters. The standard InChI is InChI=1S/C19H14ClN5O2S/c20-14-8-6-13(7-9-14)11-27-19-24-23-18(28-19)22-17(26)16-10-21-12-25(16)15-4-2-1-3-5-15/h1-10,12H,11H2,(H,22,23,26). The number of anilines is 1. The minimum Gasteiger partial charge on any atom is -0.464 e. The quantitative estimate of drug-likeness (QED) is 0.514. The number of ether oxygens (including phenoxy) is 1. The monoisotopic (exact) mass is 411 g/mol. The summed E-state index contributed by atoms with van der Waals surface area (Å²) in [7, 11) is 0. The average Bonchev–Trinajstić information content (AvgIpc) is 3.38. The van der Waals surface area contributed by atoms with Gasteiger partial charge in [-0.1, -0.05) is 47.0 Å². The molecular formula is C19H14ClN5O2S. The molecule has 2 heterocycles. The number of para-hydroxylation sites is 1. The molecule has 0 spiro atoms. The van der Waals surface area contributed by atoms with Crippen LogP contribution in [-0.2, 0) is 6.61 Å². The van der Waals surface area contributed by atoms with Gasteiger partial charge in [0, 0.05) is 10.7 Å². The molecule has 0 bridgehead atoms. The molecule has 0 atom stereocenters. The summed E-state index contributed by atoms with van der Waals surface area (Å²) in [4.78, 5) is 16.7. The normalized spacial score (nSPS) is 10.6.